The quantitative estimate of drug-likeness (QED) is 0.231. The second-order valence-electron chi connectivity index (χ2n) is 10.8. The van der Waals surface area contributed by atoms with Crippen molar-refractivity contribution in [1.82, 2.24) is 10.2 Å². The minimum atomic E-state index is -4.23. The lowest BCUT2D eigenvalue weighted by Gasteiger charge is -2.34. The Bertz CT molecular complexity index is 1540. The summed E-state index contributed by atoms with van der Waals surface area (Å²) in [5.74, 6) is -0.856. The Balaban J connectivity index is 1.73. The number of benzene rings is 3. The van der Waals surface area contributed by atoms with Crippen molar-refractivity contribution >= 4 is 62.3 Å². The molecule has 0 bridgehead atoms. The summed E-state index contributed by atoms with van der Waals surface area (Å²) in [4.78, 5) is 29.4. The fourth-order valence-electron chi connectivity index (χ4n) is 5.30. The van der Waals surface area contributed by atoms with Crippen molar-refractivity contribution in [3.8, 4) is 0 Å². The van der Waals surface area contributed by atoms with Crippen LogP contribution >= 0.6 is 34.8 Å². The number of para-hydroxylation sites is 1. The second kappa shape index (κ2) is 14.8. The first kappa shape index (κ1) is 33.1. The number of carbonyl (C=O) groups is 2. The summed E-state index contributed by atoms with van der Waals surface area (Å²) in [5.41, 5.74) is 1.62. The van der Waals surface area contributed by atoms with Gasteiger partial charge in [0.1, 0.15) is 12.6 Å². The smallest absolute Gasteiger partial charge is 0.264 e. The van der Waals surface area contributed by atoms with Crippen LogP contribution in [0.1, 0.15) is 56.6 Å². The van der Waals surface area contributed by atoms with Crippen LogP contribution in [0, 0.1) is 6.92 Å². The molecule has 0 spiro atoms. The molecule has 2 amide bonds. The van der Waals surface area contributed by atoms with E-state index in [1.807, 2.05) is 13.8 Å². The predicted molar refractivity (Wildman–Crippen MR) is 173 cm³/mol. The van der Waals surface area contributed by atoms with E-state index in [1.54, 1.807) is 54.6 Å². The summed E-state index contributed by atoms with van der Waals surface area (Å²) in [6.07, 6.45) is 5.29. The number of amides is 2. The maximum Gasteiger partial charge on any atom is 0.264 e. The van der Waals surface area contributed by atoms with Crippen molar-refractivity contribution in [1.29, 1.82) is 0 Å². The van der Waals surface area contributed by atoms with Gasteiger partial charge in [0.2, 0.25) is 11.8 Å². The van der Waals surface area contributed by atoms with Crippen LogP contribution in [0.3, 0.4) is 0 Å². The highest BCUT2D eigenvalue weighted by Crippen LogP contribution is 2.31. The van der Waals surface area contributed by atoms with E-state index >= 15 is 0 Å². The van der Waals surface area contributed by atoms with E-state index in [1.165, 1.54) is 17.0 Å². The Hall–Kier alpha value is -2.78. The second-order valence-corrected chi connectivity index (χ2v) is 13.9. The third-order valence-electron chi connectivity index (χ3n) is 7.70. The summed E-state index contributed by atoms with van der Waals surface area (Å²) in [6, 6.07) is 16.9. The molecule has 0 saturated heterocycles. The zero-order valence-electron chi connectivity index (χ0n) is 24.2. The highest BCUT2D eigenvalue weighted by atomic mass is 35.5. The zero-order valence-corrected chi connectivity index (χ0v) is 27.3. The van der Waals surface area contributed by atoms with Crippen LogP contribution in [-0.4, -0.2) is 43.8 Å². The largest absolute Gasteiger partial charge is 0.352 e. The molecule has 1 aliphatic carbocycles. The molecule has 11 heteroatoms. The molecule has 0 aliphatic heterocycles. The third-order valence-corrected chi connectivity index (χ3v) is 10.4. The molecular weight excluding hydrogens is 629 g/mol. The van der Waals surface area contributed by atoms with Gasteiger partial charge in [0.25, 0.3) is 10.0 Å². The lowest BCUT2D eigenvalue weighted by atomic mass is 9.95. The van der Waals surface area contributed by atoms with Gasteiger partial charge in [-0.15, -0.1) is 0 Å². The highest BCUT2D eigenvalue weighted by Gasteiger charge is 2.35. The van der Waals surface area contributed by atoms with E-state index in [0.29, 0.717) is 22.0 Å². The first-order valence-corrected chi connectivity index (χ1v) is 17.0. The van der Waals surface area contributed by atoms with E-state index < -0.39 is 28.5 Å². The minimum absolute atomic E-state index is 0.0141. The van der Waals surface area contributed by atoms with Crippen LogP contribution in [0.25, 0.3) is 0 Å². The number of rotatable bonds is 11. The fourth-order valence-corrected chi connectivity index (χ4v) is 7.49. The molecule has 1 atom stereocenters. The van der Waals surface area contributed by atoms with E-state index in [9.17, 15) is 18.0 Å². The molecule has 0 heterocycles. The molecule has 1 aliphatic rings. The maximum absolute atomic E-state index is 14.3. The van der Waals surface area contributed by atoms with Crippen LogP contribution < -0.4 is 9.62 Å². The van der Waals surface area contributed by atoms with Gasteiger partial charge in [-0.05, 0) is 68.1 Å². The van der Waals surface area contributed by atoms with E-state index in [-0.39, 0.29) is 34.1 Å². The van der Waals surface area contributed by atoms with E-state index in [4.69, 9.17) is 34.8 Å². The first-order chi connectivity index (χ1) is 20.5. The molecule has 4 rings (SSSR count). The van der Waals surface area contributed by atoms with Gasteiger partial charge in [-0.3, -0.25) is 13.9 Å². The normalized spacial score (nSPS) is 14.6. The standard InChI is InChI=1S/C32H36Cl3N3O4S/c1-3-29(32(40)36-25-9-5-4-6-10-25)37(20-23-15-16-24(33)19-28(23)35)31(39)21-38(30-12-8-7-11-27(30)34)43(41,42)26-17-13-22(2)14-18-26/h7-8,11-19,25,29H,3-6,9-10,20-21H2,1-2H3,(H,36,40)/t29-/m0/s1. The monoisotopic (exact) mass is 663 g/mol. The van der Waals surface area contributed by atoms with Crippen molar-refractivity contribution in [2.45, 2.75) is 75.9 Å². The predicted octanol–water partition coefficient (Wildman–Crippen LogP) is 7.41. The summed E-state index contributed by atoms with van der Waals surface area (Å²) in [7, 11) is -4.23. The molecule has 3 aromatic rings. The zero-order chi connectivity index (χ0) is 31.1. The lowest BCUT2D eigenvalue weighted by molar-refractivity contribution is -0.140. The number of nitrogens with zero attached hydrogens (tertiary/aromatic N) is 2. The highest BCUT2D eigenvalue weighted by molar-refractivity contribution is 7.92. The number of halogens is 3. The summed E-state index contributed by atoms with van der Waals surface area (Å²) in [5, 5.41) is 4.07. The number of aryl methyl sites for hydroxylation is 1. The molecule has 3 aromatic carbocycles. The van der Waals surface area contributed by atoms with Gasteiger partial charge in [-0.2, -0.15) is 0 Å². The van der Waals surface area contributed by atoms with Crippen LogP contribution in [-0.2, 0) is 26.2 Å². The summed E-state index contributed by atoms with van der Waals surface area (Å²) < 4.78 is 29.0. The van der Waals surface area contributed by atoms with Gasteiger partial charge in [0, 0.05) is 22.6 Å². The average Bonchev–Trinajstić information content (AvgIpc) is 2.98. The Morgan fingerprint density at radius 1 is 0.930 bits per heavy atom. The average molecular weight is 665 g/mol. The molecule has 0 aromatic heterocycles. The van der Waals surface area contributed by atoms with Crippen LogP contribution in [0.2, 0.25) is 15.1 Å². The molecule has 0 radical (unpaired) electrons. The summed E-state index contributed by atoms with van der Waals surface area (Å²) in [6.45, 7) is 3.07. The van der Waals surface area contributed by atoms with Crippen molar-refractivity contribution in [2.75, 3.05) is 10.8 Å². The van der Waals surface area contributed by atoms with Gasteiger partial charge in [0.05, 0.1) is 15.6 Å². The Labute approximate surface area is 269 Å². The fraction of sp³-hybridized carbons (Fsp3) is 0.375. The van der Waals surface area contributed by atoms with Gasteiger partial charge in [-0.25, -0.2) is 8.42 Å². The molecule has 43 heavy (non-hydrogen) atoms. The van der Waals surface area contributed by atoms with Gasteiger partial charge < -0.3 is 10.2 Å². The molecule has 1 fully saturated rings. The Morgan fingerprint density at radius 3 is 2.23 bits per heavy atom. The van der Waals surface area contributed by atoms with Gasteiger partial charge >= 0.3 is 0 Å². The third kappa shape index (κ3) is 8.24. The molecule has 1 saturated carbocycles. The SMILES string of the molecule is CC[C@@H](C(=O)NC1CCCCC1)N(Cc1ccc(Cl)cc1Cl)C(=O)CN(c1ccccc1Cl)S(=O)(=O)c1ccc(C)cc1. The van der Waals surface area contributed by atoms with Crippen molar-refractivity contribution in [3.63, 3.8) is 0 Å². The molecule has 1 N–H and O–H groups in total. The van der Waals surface area contributed by atoms with Gasteiger partial charge in [0.15, 0.2) is 0 Å². The Morgan fingerprint density at radius 2 is 1.60 bits per heavy atom. The number of nitrogens with one attached hydrogen (secondary N) is 1. The first-order valence-electron chi connectivity index (χ1n) is 14.4. The molecular formula is C32H36Cl3N3O4S. The number of anilines is 1. The van der Waals surface area contributed by atoms with Crippen LogP contribution in [0.4, 0.5) is 5.69 Å². The topological polar surface area (TPSA) is 86.8 Å². The van der Waals surface area contributed by atoms with Crippen LogP contribution in [0.15, 0.2) is 71.6 Å². The minimum Gasteiger partial charge on any atom is -0.352 e. The van der Waals surface area contributed by atoms with E-state index in [0.717, 1.165) is 42.0 Å². The van der Waals surface area contributed by atoms with E-state index in [2.05, 4.69) is 5.32 Å². The molecule has 0 unspecified atom stereocenters. The molecule has 230 valence electrons. The molecule has 7 nitrogen and oxygen atoms in total. The van der Waals surface area contributed by atoms with Gasteiger partial charge in [-0.1, -0.05) is 96.9 Å². The lowest BCUT2D eigenvalue weighted by Crippen LogP contribution is -2.54. The van der Waals surface area contributed by atoms with Crippen molar-refractivity contribution in [3.05, 3.63) is 92.9 Å². The number of hydrogen-bond acceptors (Lipinski definition) is 4. The number of carbonyl (C=O) groups excluding carboxylic acids is 2. The number of sulfonamides is 1. The van der Waals surface area contributed by atoms with Crippen molar-refractivity contribution in [2.24, 2.45) is 0 Å². The Kier molecular flexibility index (Phi) is 11.4. The number of hydrogen-bond donors (Lipinski definition) is 1. The van der Waals surface area contributed by atoms with Crippen molar-refractivity contribution < 1.29 is 18.0 Å². The van der Waals surface area contributed by atoms with Crippen LogP contribution in [0.5, 0.6) is 0 Å². The maximum atomic E-state index is 14.3. The summed E-state index contributed by atoms with van der Waals surface area (Å²) >= 11 is 19.1.